The zero-order valence-electron chi connectivity index (χ0n) is 18.3. The molecule has 162 valence electrons. The van der Waals surface area contributed by atoms with Crippen LogP contribution >= 0.6 is 12.2 Å². The van der Waals surface area contributed by atoms with Crippen molar-refractivity contribution in [2.45, 2.75) is 19.9 Å². The summed E-state index contributed by atoms with van der Waals surface area (Å²) in [6.07, 6.45) is 0. The molecule has 2 N–H and O–H groups in total. The Morgan fingerprint density at radius 1 is 1.00 bits per heavy atom. The molecule has 5 nitrogen and oxygen atoms in total. The molecule has 0 fully saturated rings. The third-order valence-corrected chi connectivity index (χ3v) is 5.78. The summed E-state index contributed by atoms with van der Waals surface area (Å²) in [6, 6.07) is 24.9. The highest BCUT2D eigenvalue weighted by molar-refractivity contribution is 7.80. The van der Waals surface area contributed by atoms with Crippen LogP contribution in [0.5, 0.6) is 5.75 Å². The van der Waals surface area contributed by atoms with E-state index in [1.54, 1.807) is 7.11 Å². The van der Waals surface area contributed by atoms with E-state index in [0.29, 0.717) is 22.1 Å². The third-order valence-electron chi connectivity index (χ3n) is 5.48. The van der Waals surface area contributed by atoms with Crippen molar-refractivity contribution in [2.75, 3.05) is 17.3 Å². The average Bonchev–Trinajstić information content (AvgIpc) is 2.79. The van der Waals surface area contributed by atoms with Crippen molar-refractivity contribution in [2.24, 2.45) is 0 Å². The van der Waals surface area contributed by atoms with E-state index >= 15 is 0 Å². The largest absolute Gasteiger partial charge is 0.495 e. The second-order valence-electron chi connectivity index (χ2n) is 7.62. The van der Waals surface area contributed by atoms with Gasteiger partial charge in [0.25, 0.3) is 5.91 Å². The van der Waals surface area contributed by atoms with Gasteiger partial charge in [-0.05, 0) is 61.5 Å². The monoisotopic (exact) mass is 443 g/mol. The molecular weight excluding hydrogens is 418 g/mol. The molecular formula is C26H25N3O2S. The minimum atomic E-state index is -0.375. The second kappa shape index (κ2) is 9.24. The molecule has 32 heavy (non-hydrogen) atoms. The van der Waals surface area contributed by atoms with Gasteiger partial charge in [-0.3, -0.25) is 9.69 Å². The number of carbonyl (C=O) groups is 1. The highest BCUT2D eigenvalue weighted by atomic mass is 32.1. The lowest BCUT2D eigenvalue weighted by Crippen LogP contribution is -2.48. The SMILES string of the molecule is COc1ccccc1NC(=O)C1=C(C)N(c2cccc(C)c2)C(=S)NC1c1ccccc1. The molecule has 3 aromatic rings. The van der Waals surface area contributed by atoms with E-state index < -0.39 is 0 Å². The number of hydrogen-bond donors (Lipinski definition) is 2. The van der Waals surface area contributed by atoms with Crippen molar-refractivity contribution < 1.29 is 9.53 Å². The van der Waals surface area contributed by atoms with Crippen LogP contribution in [-0.4, -0.2) is 18.1 Å². The first kappa shape index (κ1) is 21.6. The maximum atomic E-state index is 13.6. The Morgan fingerprint density at radius 2 is 1.72 bits per heavy atom. The Balaban J connectivity index is 1.81. The predicted molar refractivity (Wildman–Crippen MR) is 133 cm³/mol. The molecule has 6 heteroatoms. The van der Waals surface area contributed by atoms with E-state index in [0.717, 1.165) is 22.5 Å². The maximum absolute atomic E-state index is 13.6. The summed E-state index contributed by atoms with van der Waals surface area (Å²) < 4.78 is 5.41. The number of benzene rings is 3. The molecule has 3 aromatic carbocycles. The van der Waals surface area contributed by atoms with Crippen molar-refractivity contribution in [1.82, 2.24) is 5.32 Å². The number of nitrogens with one attached hydrogen (secondary N) is 2. The Hall–Kier alpha value is -3.64. The van der Waals surface area contributed by atoms with Crippen LogP contribution in [0.2, 0.25) is 0 Å². The fourth-order valence-electron chi connectivity index (χ4n) is 3.95. The third kappa shape index (κ3) is 4.22. The van der Waals surface area contributed by atoms with E-state index in [9.17, 15) is 4.79 Å². The maximum Gasteiger partial charge on any atom is 0.255 e. The summed E-state index contributed by atoms with van der Waals surface area (Å²) in [5.41, 5.74) is 4.97. The number of rotatable bonds is 5. The minimum Gasteiger partial charge on any atom is -0.495 e. The molecule has 1 amide bonds. The Bertz CT molecular complexity index is 1190. The van der Waals surface area contributed by atoms with Crippen LogP contribution in [0.1, 0.15) is 24.1 Å². The Morgan fingerprint density at radius 3 is 2.44 bits per heavy atom. The van der Waals surface area contributed by atoms with Gasteiger partial charge in [0.2, 0.25) is 0 Å². The van der Waals surface area contributed by atoms with Crippen LogP contribution in [0, 0.1) is 6.92 Å². The van der Waals surface area contributed by atoms with Crippen molar-refractivity contribution in [1.29, 1.82) is 0 Å². The molecule has 0 bridgehead atoms. The second-order valence-corrected chi connectivity index (χ2v) is 8.01. The summed E-state index contributed by atoms with van der Waals surface area (Å²) >= 11 is 5.74. The number of hydrogen-bond acceptors (Lipinski definition) is 3. The summed E-state index contributed by atoms with van der Waals surface area (Å²) in [5, 5.41) is 6.96. The van der Waals surface area contributed by atoms with Crippen LogP contribution in [-0.2, 0) is 4.79 Å². The topological polar surface area (TPSA) is 53.6 Å². The predicted octanol–water partition coefficient (Wildman–Crippen LogP) is 5.35. The number of amides is 1. The van der Waals surface area contributed by atoms with Gasteiger partial charge < -0.3 is 15.4 Å². The van der Waals surface area contributed by atoms with Gasteiger partial charge >= 0.3 is 0 Å². The first-order valence-electron chi connectivity index (χ1n) is 10.4. The molecule has 1 unspecified atom stereocenters. The van der Waals surface area contributed by atoms with Crippen LogP contribution in [0.4, 0.5) is 11.4 Å². The molecule has 0 saturated heterocycles. The summed E-state index contributed by atoms with van der Waals surface area (Å²) in [4.78, 5) is 15.6. The van der Waals surface area contributed by atoms with Crippen LogP contribution < -0.4 is 20.3 Å². The van der Waals surface area contributed by atoms with Crippen molar-refractivity contribution in [3.63, 3.8) is 0 Å². The fraction of sp³-hybridized carbons (Fsp3) is 0.154. The number of methoxy groups -OCH3 is 1. The normalized spacial score (nSPS) is 15.9. The first-order chi connectivity index (χ1) is 15.5. The molecule has 1 heterocycles. The van der Waals surface area contributed by atoms with E-state index in [1.807, 2.05) is 91.5 Å². The lowest BCUT2D eigenvalue weighted by molar-refractivity contribution is -0.113. The Labute approximate surface area is 193 Å². The number of thiocarbonyl (C=S) groups is 1. The van der Waals surface area contributed by atoms with Gasteiger partial charge in [0.1, 0.15) is 5.75 Å². The van der Waals surface area contributed by atoms with Gasteiger partial charge in [-0.1, -0.05) is 54.6 Å². The number of anilines is 2. The number of carbonyl (C=O) groups excluding carboxylic acids is 1. The first-order valence-corrected chi connectivity index (χ1v) is 10.8. The number of allylic oxidation sites excluding steroid dienone is 1. The highest BCUT2D eigenvalue weighted by Crippen LogP contribution is 2.35. The number of para-hydroxylation sites is 2. The lowest BCUT2D eigenvalue weighted by atomic mass is 9.94. The molecule has 0 aliphatic carbocycles. The van der Waals surface area contributed by atoms with E-state index in [2.05, 4.69) is 16.7 Å². The van der Waals surface area contributed by atoms with Crippen molar-refractivity contribution in [3.8, 4) is 5.75 Å². The molecule has 4 rings (SSSR count). The van der Waals surface area contributed by atoms with Gasteiger partial charge in [-0.2, -0.15) is 0 Å². The van der Waals surface area contributed by atoms with E-state index in [-0.39, 0.29) is 11.9 Å². The van der Waals surface area contributed by atoms with Crippen LogP contribution in [0.3, 0.4) is 0 Å². The molecule has 0 saturated carbocycles. The number of nitrogens with zero attached hydrogens (tertiary/aromatic N) is 1. The van der Waals surface area contributed by atoms with Gasteiger partial charge in [0.15, 0.2) is 5.11 Å². The Kier molecular flexibility index (Phi) is 6.23. The zero-order chi connectivity index (χ0) is 22.7. The highest BCUT2D eigenvalue weighted by Gasteiger charge is 2.34. The lowest BCUT2D eigenvalue weighted by Gasteiger charge is -2.38. The number of ether oxygens (including phenoxy) is 1. The van der Waals surface area contributed by atoms with Crippen molar-refractivity contribution >= 4 is 34.6 Å². The van der Waals surface area contributed by atoms with Gasteiger partial charge in [-0.15, -0.1) is 0 Å². The van der Waals surface area contributed by atoms with Gasteiger partial charge in [0, 0.05) is 11.4 Å². The summed E-state index contributed by atoms with van der Waals surface area (Å²) in [5.74, 6) is 0.388. The van der Waals surface area contributed by atoms with E-state index in [1.165, 1.54) is 0 Å². The molecule has 1 aliphatic rings. The minimum absolute atomic E-state index is 0.214. The van der Waals surface area contributed by atoms with Crippen molar-refractivity contribution in [3.05, 3.63) is 101 Å². The summed E-state index contributed by atoms with van der Waals surface area (Å²) in [7, 11) is 1.59. The van der Waals surface area contributed by atoms with E-state index in [4.69, 9.17) is 17.0 Å². The molecule has 0 aromatic heterocycles. The van der Waals surface area contributed by atoms with Crippen LogP contribution in [0.15, 0.2) is 90.1 Å². The molecule has 1 atom stereocenters. The smallest absolute Gasteiger partial charge is 0.255 e. The number of aryl methyl sites for hydroxylation is 1. The fourth-order valence-corrected chi connectivity index (χ4v) is 4.31. The standard InChI is InChI=1S/C26H25N3O2S/c1-17-10-9-13-20(16-17)29-18(2)23(24(28-26(29)32)19-11-5-4-6-12-19)25(30)27-21-14-7-8-15-22(21)31-3/h4-16,24H,1-3H3,(H,27,30)(H,28,32). The zero-order valence-corrected chi connectivity index (χ0v) is 19.1. The molecule has 1 aliphatic heterocycles. The van der Waals surface area contributed by atoms with Crippen LogP contribution in [0.25, 0.3) is 0 Å². The summed E-state index contributed by atoms with van der Waals surface area (Å²) in [6.45, 7) is 3.97. The van der Waals surface area contributed by atoms with Gasteiger partial charge in [0.05, 0.1) is 24.4 Å². The quantitative estimate of drug-likeness (QED) is 0.521. The van der Waals surface area contributed by atoms with Gasteiger partial charge in [-0.25, -0.2) is 0 Å². The molecule has 0 radical (unpaired) electrons. The average molecular weight is 444 g/mol. The molecule has 0 spiro atoms.